The summed E-state index contributed by atoms with van der Waals surface area (Å²) in [7, 11) is 1.96. The normalized spacial score (nSPS) is 11.1. The quantitative estimate of drug-likeness (QED) is 0.750. The topological polar surface area (TPSA) is 28.2 Å². The molecule has 1 aromatic heterocycles. The van der Waals surface area contributed by atoms with Crippen molar-refractivity contribution in [1.82, 2.24) is 15.2 Å². The van der Waals surface area contributed by atoms with E-state index >= 15 is 0 Å². The Morgan fingerprint density at radius 1 is 1.18 bits per heavy atom. The Bertz CT molecular complexity index is 289. The van der Waals surface area contributed by atoms with Crippen molar-refractivity contribution in [3.63, 3.8) is 0 Å². The van der Waals surface area contributed by atoms with Gasteiger partial charge < -0.3 is 5.32 Å². The van der Waals surface area contributed by atoms with Crippen LogP contribution in [0.1, 0.15) is 37.9 Å². The maximum absolute atomic E-state index is 4.52. The van der Waals surface area contributed by atoms with Crippen LogP contribution in [-0.4, -0.2) is 30.0 Å². The molecule has 0 saturated carbocycles. The van der Waals surface area contributed by atoms with Gasteiger partial charge in [-0.2, -0.15) is 0 Å². The highest BCUT2D eigenvalue weighted by atomic mass is 15.1. The van der Waals surface area contributed by atoms with Gasteiger partial charge in [-0.3, -0.25) is 9.88 Å². The lowest BCUT2D eigenvalue weighted by atomic mass is 10.2. The van der Waals surface area contributed by atoms with Gasteiger partial charge in [0.1, 0.15) is 0 Å². The average Bonchev–Trinajstić information content (AvgIpc) is 2.33. The Morgan fingerprint density at radius 3 is 2.35 bits per heavy atom. The molecule has 0 fully saturated rings. The fourth-order valence-electron chi connectivity index (χ4n) is 1.99. The van der Waals surface area contributed by atoms with E-state index in [-0.39, 0.29) is 0 Å². The van der Waals surface area contributed by atoms with E-state index in [0.717, 1.165) is 26.2 Å². The van der Waals surface area contributed by atoms with E-state index in [0.29, 0.717) is 0 Å². The summed E-state index contributed by atoms with van der Waals surface area (Å²) >= 11 is 0. The minimum atomic E-state index is 0.890. The molecule has 0 aliphatic heterocycles. The van der Waals surface area contributed by atoms with Crippen molar-refractivity contribution < 1.29 is 0 Å². The molecule has 1 heterocycles. The third-order valence-electron chi connectivity index (χ3n) is 2.73. The van der Waals surface area contributed by atoms with E-state index in [1.165, 1.54) is 24.1 Å². The second-order valence-electron chi connectivity index (χ2n) is 4.46. The molecular formula is C14H25N3. The van der Waals surface area contributed by atoms with Gasteiger partial charge in [-0.25, -0.2) is 0 Å². The Morgan fingerprint density at radius 2 is 1.88 bits per heavy atom. The molecule has 0 unspecified atom stereocenters. The van der Waals surface area contributed by atoms with Crippen LogP contribution in [0.15, 0.2) is 18.3 Å². The van der Waals surface area contributed by atoms with Crippen molar-refractivity contribution in [1.29, 1.82) is 0 Å². The molecule has 1 N–H and O–H groups in total. The molecule has 3 heteroatoms. The fraction of sp³-hybridized carbons (Fsp3) is 0.643. The molecule has 1 rings (SSSR count). The summed E-state index contributed by atoms with van der Waals surface area (Å²) in [4.78, 5) is 6.99. The van der Waals surface area contributed by atoms with Crippen LogP contribution in [0.3, 0.4) is 0 Å². The maximum atomic E-state index is 4.52. The minimum Gasteiger partial charge on any atom is -0.316 e. The molecule has 0 amide bonds. The molecule has 96 valence electrons. The van der Waals surface area contributed by atoms with E-state index in [2.05, 4.69) is 41.2 Å². The highest BCUT2D eigenvalue weighted by molar-refractivity contribution is 5.13. The zero-order chi connectivity index (χ0) is 12.5. The molecule has 17 heavy (non-hydrogen) atoms. The number of nitrogens with zero attached hydrogens (tertiary/aromatic N) is 2. The Balaban J connectivity index is 2.53. The second kappa shape index (κ2) is 8.20. The Labute approximate surface area is 105 Å². The maximum Gasteiger partial charge on any atom is 0.0544 e. The number of aromatic nitrogens is 1. The number of pyridine rings is 1. The first-order chi connectivity index (χ1) is 8.30. The summed E-state index contributed by atoms with van der Waals surface area (Å²) in [6.45, 7) is 8.64. The molecule has 3 nitrogen and oxygen atoms in total. The summed E-state index contributed by atoms with van der Waals surface area (Å²) in [5, 5.41) is 3.13. The first-order valence-corrected chi connectivity index (χ1v) is 6.60. The van der Waals surface area contributed by atoms with Gasteiger partial charge in [-0.05, 0) is 44.6 Å². The van der Waals surface area contributed by atoms with Crippen LogP contribution < -0.4 is 5.32 Å². The molecule has 0 aliphatic carbocycles. The van der Waals surface area contributed by atoms with E-state index in [4.69, 9.17) is 0 Å². The van der Waals surface area contributed by atoms with E-state index in [9.17, 15) is 0 Å². The summed E-state index contributed by atoms with van der Waals surface area (Å²) < 4.78 is 0. The van der Waals surface area contributed by atoms with Crippen LogP contribution in [0.2, 0.25) is 0 Å². The first kappa shape index (κ1) is 14.1. The van der Waals surface area contributed by atoms with E-state index in [1.54, 1.807) is 0 Å². The van der Waals surface area contributed by atoms with Gasteiger partial charge >= 0.3 is 0 Å². The molecule has 0 aromatic carbocycles. The van der Waals surface area contributed by atoms with Crippen LogP contribution >= 0.6 is 0 Å². The van der Waals surface area contributed by atoms with Crippen LogP contribution in [0.25, 0.3) is 0 Å². The van der Waals surface area contributed by atoms with Gasteiger partial charge in [0.2, 0.25) is 0 Å². The zero-order valence-corrected chi connectivity index (χ0v) is 11.4. The number of nitrogens with one attached hydrogen (secondary N) is 1. The monoisotopic (exact) mass is 235 g/mol. The van der Waals surface area contributed by atoms with Crippen molar-refractivity contribution >= 4 is 0 Å². The smallest absolute Gasteiger partial charge is 0.0544 e. The first-order valence-electron chi connectivity index (χ1n) is 6.60. The number of hydrogen-bond donors (Lipinski definition) is 1. The molecule has 0 bridgehead atoms. The number of rotatable bonds is 8. The Hall–Kier alpha value is -0.930. The standard InChI is InChI=1S/C14H25N3/c1-4-8-17(9-5-2)12-14-7-6-13(10-15-3)11-16-14/h6-7,11,15H,4-5,8-10,12H2,1-3H3. The predicted molar refractivity (Wildman–Crippen MR) is 72.9 cm³/mol. The molecule has 0 saturated heterocycles. The van der Waals surface area contributed by atoms with Crippen LogP contribution in [0, 0.1) is 0 Å². The summed E-state index contributed by atoms with van der Waals surface area (Å²) in [6.07, 6.45) is 4.39. The van der Waals surface area contributed by atoms with Crippen molar-refractivity contribution in [3.8, 4) is 0 Å². The van der Waals surface area contributed by atoms with E-state index < -0.39 is 0 Å². The van der Waals surface area contributed by atoms with Gasteiger partial charge in [0, 0.05) is 19.3 Å². The molecular weight excluding hydrogens is 210 g/mol. The lowest BCUT2D eigenvalue weighted by Crippen LogP contribution is -2.25. The van der Waals surface area contributed by atoms with Gasteiger partial charge in [0.15, 0.2) is 0 Å². The fourth-order valence-corrected chi connectivity index (χ4v) is 1.99. The van der Waals surface area contributed by atoms with Gasteiger partial charge in [0.25, 0.3) is 0 Å². The molecule has 0 radical (unpaired) electrons. The molecule has 1 aromatic rings. The predicted octanol–water partition coefficient (Wildman–Crippen LogP) is 2.42. The van der Waals surface area contributed by atoms with E-state index in [1.807, 2.05) is 13.2 Å². The third-order valence-corrected chi connectivity index (χ3v) is 2.73. The second-order valence-corrected chi connectivity index (χ2v) is 4.46. The van der Waals surface area contributed by atoms with Gasteiger partial charge in [-0.15, -0.1) is 0 Å². The summed E-state index contributed by atoms with van der Waals surface area (Å²) in [5.41, 5.74) is 2.42. The largest absolute Gasteiger partial charge is 0.316 e. The van der Waals surface area contributed by atoms with Crippen molar-refractivity contribution in [2.75, 3.05) is 20.1 Å². The SMILES string of the molecule is CCCN(CCC)Cc1ccc(CNC)cn1. The molecule has 0 atom stereocenters. The molecule has 0 spiro atoms. The lowest BCUT2D eigenvalue weighted by molar-refractivity contribution is 0.263. The van der Waals surface area contributed by atoms with Crippen LogP contribution in [0.4, 0.5) is 0 Å². The average molecular weight is 235 g/mol. The van der Waals surface area contributed by atoms with Crippen molar-refractivity contribution in [3.05, 3.63) is 29.6 Å². The van der Waals surface area contributed by atoms with Gasteiger partial charge in [-0.1, -0.05) is 19.9 Å². The summed E-state index contributed by atoms with van der Waals surface area (Å²) in [5.74, 6) is 0. The van der Waals surface area contributed by atoms with Crippen molar-refractivity contribution in [2.45, 2.75) is 39.8 Å². The van der Waals surface area contributed by atoms with Gasteiger partial charge in [0.05, 0.1) is 5.69 Å². The lowest BCUT2D eigenvalue weighted by Gasteiger charge is -2.20. The zero-order valence-electron chi connectivity index (χ0n) is 11.4. The number of hydrogen-bond acceptors (Lipinski definition) is 3. The Kier molecular flexibility index (Phi) is 6.82. The minimum absolute atomic E-state index is 0.890. The highest BCUT2D eigenvalue weighted by Gasteiger charge is 2.04. The van der Waals surface area contributed by atoms with Crippen LogP contribution in [-0.2, 0) is 13.1 Å². The van der Waals surface area contributed by atoms with Crippen molar-refractivity contribution in [2.24, 2.45) is 0 Å². The summed E-state index contributed by atoms with van der Waals surface area (Å²) in [6, 6.07) is 4.31. The molecule has 0 aliphatic rings. The van der Waals surface area contributed by atoms with Crippen LogP contribution in [0.5, 0.6) is 0 Å². The third kappa shape index (κ3) is 5.29. The highest BCUT2D eigenvalue weighted by Crippen LogP contribution is 2.05.